The summed E-state index contributed by atoms with van der Waals surface area (Å²) < 4.78 is 34.0. The molecule has 0 aliphatic rings. The number of hydrogen-bond donors (Lipinski definition) is 1. The second-order valence-electron chi connectivity index (χ2n) is 14.6. The standard InChI is InChI=1S/C39H78NO7P/c1-6-8-9-10-11-12-13-14-15-16-17-18-19-20-21-22-23-24-25-26-27-28-29-30-31-32-34-44-36-38(47-39(41)7-2)37-46-48(42,43)45-35-33-40(3,4)5/h16-17,38H,6-15,18-37H2,1-5H3/p+1/b17-16-. The number of nitrogens with zero attached hydrogens (tertiary/aromatic N) is 1. The van der Waals surface area contributed by atoms with Gasteiger partial charge in [-0.3, -0.25) is 13.8 Å². The summed E-state index contributed by atoms with van der Waals surface area (Å²) in [5.41, 5.74) is 0. The van der Waals surface area contributed by atoms with E-state index in [9.17, 15) is 14.3 Å². The van der Waals surface area contributed by atoms with E-state index in [0.717, 1.165) is 12.8 Å². The van der Waals surface area contributed by atoms with Crippen molar-refractivity contribution < 1.29 is 37.3 Å². The summed E-state index contributed by atoms with van der Waals surface area (Å²) in [4.78, 5) is 21.7. The third-order valence-corrected chi connectivity index (χ3v) is 9.62. The lowest BCUT2D eigenvalue weighted by Crippen LogP contribution is -2.37. The van der Waals surface area contributed by atoms with Crippen LogP contribution in [-0.2, 0) is 27.9 Å². The smallest absolute Gasteiger partial charge is 0.457 e. The molecule has 0 aromatic heterocycles. The van der Waals surface area contributed by atoms with Crippen LogP contribution in [0.25, 0.3) is 0 Å². The topological polar surface area (TPSA) is 91.3 Å². The number of esters is 1. The third-order valence-electron chi connectivity index (χ3n) is 8.63. The van der Waals surface area contributed by atoms with E-state index in [0.29, 0.717) is 17.6 Å². The number of phosphoric ester groups is 1. The maximum atomic E-state index is 12.2. The molecule has 48 heavy (non-hydrogen) atoms. The second kappa shape index (κ2) is 33.4. The van der Waals surface area contributed by atoms with Crippen molar-refractivity contribution in [3.05, 3.63) is 12.2 Å². The van der Waals surface area contributed by atoms with Crippen molar-refractivity contribution in [2.45, 2.75) is 180 Å². The number of hydrogen-bond acceptors (Lipinski definition) is 6. The summed E-state index contributed by atoms with van der Waals surface area (Å²) in [7, 11) is 1.67. The van der Waals surface area contributed by atoms with Crippen LogP contribution >= 0.6 is 7.82 Å². The number of ether oxygens (including phenoxy) is 2. The van der Waals surface area contributed by atoms with E-state index in [1.165, 1.54) is 141 Å². The van der Waals surface area contributed by atoms with E-state index in [-0.39, 0.29) is 26.2 Å². The predicted molar refractivity (Wildman–Crippen MR) is 201 cm³/mol. The Balaban J connectivity index is 3.59. The molecule has 0 aliphatic heterocycles. The van der Waals surface area contributed by atoms with Gasteiger partial charge in [0.05, 0.1) is 34.4 Å². The van der Waals surface area contributed by atoms with Gasteiger partial charge >= 0.3 is 13.8 Å². The molecule has 2 unspecified atom stereocenters. The zero-order valence-electron chi connectivity index (χ0n) is 32.2. The van der Waals surface area contributed by atoms with Crippen LogP contribution in [0, 0.1) is 0 Å². The molecule has 0 amide bonds. The molecular weight excluding hydrogens is 625 g/mol. The molecule has 1 N–H and O–H groups in total. The van der Waals surface area contributed by atoms with Gasteiger partial charge in [-0.05, 0) is 32.1 Å². The lowest BCUT2D eigenvalue weighted by molar-refractivity contribution is -0.870. The van der Waals surface area contributed by atoms with E-state index in [1.807, 2.05) is 21.1 Å². The van der Waals surface area contributed by atoms with Gasteiger partial charge in [-0.1, -0.05) is 148 Å². The van der Waals surface area contributed by atoms with Gasteiger partial charge in [0.25, 0.3) is 0 Å². The Kier molecular flexibility index (Phi) is 32.9. The molecule has 8 nitrogen and oxygen atoms in total. The van der Waals surface area contributed by atoms with Crippen LogP contribution in [0.15, 0.2) is 12.2 Å². The maximum Gasteiger partial charge on any atom is 0.472 e. The Bertz CT molecular complexity index is 787. The summed E-state index contributed by atoms with van der Waals surface area (Å²) in [6.45, 7) is 5.07. The molecule has 9 heteroatoms. The van der Waals surface area contributed by atoms with Gasteiger partial charge < -0.3 is 18.9 Å². The molecule has 0 aliphatic carbocycles. The van der Waals surface area contributed by atoms with E-state index in [1.54, 1.807) is 6.92 Å². The number of rotatable bonds is 37. The first kappa shape index (κ1) is 47.2. The lowest BCUT2D eigenvalue weighted by atomic mass is 10.0. The van der Waals surface area contributed by atoms with Gasteiger partial charge in [-0.2, -0.15) is 0 Å². The highest BCUT2D eigenvalue weighted by Crippen LogP contribution is 2.43. The molecule has 0 aromatic carbocycles. The van der Waals surface area contributed by atoms with Crippen LogP contribution in [0.1, 0.15) is 174 Å². The fraction of sp³-hybridized carbons (Fsp3) is 0.923. The number of likely N-dealkylation sites (N-methyl/N-ethyl adjacent to an activating group) is 1. The van der Waals surface area contributed by atoms with Crippen molar-refractivity contribution in [3.63, 3.8) is 0 Å². The number of phosphoric acid groups is 1. The van der Waals surface area contributed by atoms with Crippen molar-refractivity contribution in [2.75, 3.05) is 54.1 Å². The summed E-state index contributed by atoms with van der Waals surface area (Å²) in [6.07, 6.45) is 36.3. The first-order valence-corrected chi connectivity index (χ1v) is 21.4. The van der Waals surface area contributed by atoms with Gasteiger partial charge in [0, 0.05) is 13.0 Å². The van der Waals surface area contributed by atoms with Crippen LogP contribution in [0.4, 0.5) is 0 Å². The monoisotopic (exact) mass is 705 g/mol. The Morgan fingerprint density at radius 1 is 0.625 bits per heavy atom. The molecule has 0 radical (unpaired) electrons. The van der Waals surface area contributed by atoms with Gasteiger partial charge in [0.1, 0.15) is 19.3 Å². The highest BCUT2D eigenvalue weighted by molar-refractivity contribution is 7.47. The van der Waals surface area contributed by atoms with Crippen LogP contribution in [0.2, 0.25) is 0 Å². The van der Waals surface area contributed by atoms with Crippen LogP contribution in [0.3, 0.4) is 0 Å². The molecule has 2 atom stereocenters. The Morgan fingerprint density at radius 3 is 1.50 bits per heavy atom. The highest BCUT2D eigenvalue weighted by atomic mass is 31.2. The molecule has 0 fully saturated rings. The summed E-state index contributed by atoms with van der Waals surface area (Å²) >= 11 is 0. The largest absolute Gasteiger partial charge is 0.472 e. The van der Waals surface area contributed by atoms with Crippen LogP contribution in [-0.4, -0.2) is 75.6 Å². The summed E-state index contributed by atoms with van der Waals surface area (Å²) in [5, 5.41) is 0. The van der Waals surface area contributed by atoms with E-state index in [2.05, 4.69) is 19.1 Å². The molecule has 0 rings (SSSR count). The number of unbranched alkanes of at least 4 members (excludes halogenated alkanes) is 22. The Hall–Kier alpha value is -0.760. The van der Waals surface area contributed by atoms with E-state index in [4.69, 9.17) is 18.5 Å². The minimum atomic E-state index is -4.23. The minimum Gasteiger partial charge on any atom is -0.457 e. The summed E-state index contributed by atoms with van der Waals surface area (Å²) in [5.74, 6) is -0.399. The molecular formula is C39H79NO7P+. The molecule has 0 heterocycles. The Labute approximate surface area is 297 Å². The highest BCUT2D eigenvalue weighted by Gasteiger charge is 2.26. The number of carbonyl (C=O) groups is 1. The fourth-order valence-corrected chi connectivity index (χ4v) is 6.21. The van der Waals surface area contributed by atoms with Crippen LogP contribution < -0.4 is 0 Å². The first-order chi connectivity index (χ1) is 23.1. The zero-order chi connectivity index (χ0) is 35.6. The number of quaternary nitrogens is 1. The van der Waals surface area contributed by atoms with E-state index < -0.39 is 19.9 Å². The fourth-order valence-electron chi connectivity index (χ4n) is 5.46. The number of carbonyl (C=O) groups excluding carboxylic acids is 1. The Morgan fingerprint density at radius 2 is 1.06 bits per heavy atom. The van der Waals surface area contributed by atoms with E-state index >= 15 is 0 Å². The van der Waals surface area contributed by atoms with Gasteiger partial charge in [0.2, 0.25) is 0 Å². The first-order valence-electron chi connectivity index (χ1n) is 19.9. The third kappa shape index (κ3) is 36.5. The van der Waals surface area contributed by atoms with Gasteiger partial charge in [0.15, 0.2) is 0 Å². The maximum absolute atomic E-state index is 12.2. The minimum absolute atomic E-state index is 0.0885. The molecule has 0 spiro atoms. The molecule has 0 bridgehead atoms. The quantitative estimate of drug-likeness (QED) is 0.0226. The lowest BCUT2D eigenvalue weighted by Gasteiger charge is -2.24. The second-order valence-corrected chi connectivity index (χ2v) is 16.1. The average molecular weight is 705 g/mol. The van der Waals surface area contributed by atoms with Gasteiger partial charge in [-0.25, -0.2) is 4.57 Å². The predicted octanol–water partition coefficient (Wildman–Crippen LogP) is 11.1. The zero-order valence-corrected chi connectivity index (χ0v) is 33.1. The average Bonchev–Trinajstić information content (AvgIpc) is 3.04. The molecule has 0 saturated heterocycles. The normalized spacial score (nSPS) is 14.0. The van der Waals surface area contributed by atoms with Crippen molar-refractivity contribution >= 4 is 13.8 Å². The molecule has 286 valence electrons. The number of allylic oxidation sites excluding steroid dienone is 2. The van der Waals surface area contributed by atoms with Crippen molar-refractivity contribution in [3.8, 4) is 0 Å². The van der Waals surface area contributed by atoms with Crippen molar-refractivity contribution in [2.24, 2.45) is 0 Å². The van der Waals surface area contributed by atoms with Gasteiger partial charge in [-0.15, -0.1) is 0 Å². The summed E-state index contributed by atoms with van der Waals surface area (Å²) in [6, 6.07) is 0. The molecule has 0 aromatic rings. The van der Waals surface area contributed by atoms with Crippen molar-refractivity contribution in [1.82, 2.24) is 0 Å². The molecule has 0 saturated carbocycles. The van der Waals surface area contributed by atoms with Crippen LogP contribution in [0.5, 0.6) is 0 Å². The van der Waals surface area contributed by atoms with Crippen molar-refractivity contribution in [1.29, 1.82) is 0 Å². The SMILES string of the molecule is CCCCCCCCCC/C=C\CCCCCCCCCCCCCCCCOCC(COP(=O)(O)OCC[N+](C)(C)C)OC(=O)CC.